The molecule has 2 aromatic rings. The summed E-state index contributed by atoms with van der Waals surface area (Å²) < 4.78 is 25.2. The molecule has 2 rings (SSSR count). The summed E-state index contributed by atoms with van der Waals surface area (Å²) in [6.07, 6.45) is 0. The summed E-state index contributed by atoms with van der Waals surface area (Å²) in [7, 11) is -0.608. The van der Waals surface area contributed by atoms with Gasteiger partial charge < -0.3 is 10.6 Å². The van der Waals surface area contributed by atoms with Crippen molar-refractivity contribution in [1.82, 2.24) is 4.31 Å². The van der Waals surface area contributed by atoms with Crippen molar-refractivity contribution in [3.05, 3.63) is 54.1 Å². The molecule has 8 heteroatoms. The minimum atomic E-state index is -3.51. The van der Waals surface area contributed by atoms with Gasteiger partial charge in [-0.05, 0) is 42.5 Å². The van der Waals surface area contributed by atoms with E-state index in [1.165, 1.54) is 45.3 Å². The quantitative estimate of drug-likeness (QED) is 0.853. The average Bonchev–Trinajstić information content (AvgIpc) is 2.54. The highest BCUT2D eigenvalue weighted by Gasteiger charge is 2.17. The first-order chi connectivity index (χ1) is 11.7. The molecule has 0 radical (unpaired) electrons. The van der Waals surface area contributed by atoms with Crippen molar-refractivity contribution in [3.63, 3.8) is 0 Å². The Morgan fingerprint density at radius 3 is 2.12 bits per heavy atom. The van der Waals surface area contributed by atoms with Gasteiger partial charge in [0.15, 0.2) is 0 Å². The Bertz CT molecular complexity index is 890. The fraction of sp³-hybridized carbons (Fsp3) is 0.176. The van der Waals surface area contributed by atoms with Crippen LogP contribution >= 0.6 is 0 Å². The van der Waals surface area contributed by atoms with Crippen molar-refractivity contribution in [1.29, 1.82) is 0 Å². The standard InChI is InChI=1S/C17H19N3O4S/c1-12(21)18-15-6-4-5-13(11-15)17(22)19-14-7-9-16(10-8-14)25(23,24)20(2)3/h4-11H,1-3H3,(H,18,21)(H,19,22). The molecular weight excluding hydrogens is 342 g/mol. The number of sulfonamides is 1. The topological polar surface area (TPSA) is 95.6 Å². The van der Waals surface area contributed by atoms with Gasteiger partial charge in [-0.1, -0.05) is 6.07 Å². The zero-order valence-corrected chi connectivity index (χ0v) is 14.9. The molecule has 0 aliphatic rings. The summed E-state index contributed by atoms with van der Waals surface area (Å²) in [6, 6.07) is 12.4. The lowest BCUT2D eigenvalue weighted by Crippen LogP contribution is -2.22. The van der Waals surface area contributed by atoms with Crippen molar-refractivity contribution < 1.29 is 18.0 Å². The fourth-order valence-electron chi connectivity index (χ4n) is 2.07. The molecule has 2 amide bonds. The second kappa shape index (κ2) is 7.45. The number of nitrogens with one attached hydrogen (secondary N) is 2. The molecule has 0 atom stereocenters. The van der Waals surface area contributed by atoms with E-state index in [0.29, 0.717) is 16.9 Å². The maximum absolute atomic E-state index is 12.3. The average molecular weight is 361 g/mol. The molecule has 0 aliphatic carbocycles. The molecule has 0 bridgehead atoms. The highest BCUT2D eigenvalue weighted by molar-refractivity contribution is 7.89. The van der Waals surface area contributed by atoms with Crippen molar-refractivity contribution in [3.8, 4) is 0 Å². The Kier molecular flexibility index (Phi) is 5.55. The Morgan fingerprint density at radius 2 is 1.56 bits per heavy atom. The first kappa shape index (κ1) is 18.6. The number of benzene rings is 2. The highest BCUT2D eigenvalue weighted by atomic mass is 32.2. The summed E-state index contributed by atoms with van der Waals surface area (Å²) in [5.74, 6) is -0.592. The Balaban J connectivity index is 2.15. The number of amides is 2. The predicted octanol–water partition coefficient (Wildman–Crippen LogP) is 2.15. The predicted molar refractivity (Wildman–Crippen MR) is 96.0 cm³/mol. The van der Waals surface area contributed by atoms with Gasteiger partial charge in [0, 0.05) is 38.0 Å². The monoisotopic (exact) mass is 361 g/mol. The molecule has 0 aliphatic heterocycles. The van der Waals surface area contributed by atoms with Crippen LogP contribution in [0.4, 0.5) is 11.4 Å². The van der Waals surface area contributed by atoms with Crippen LogP contribution in [0.15, 0.2) is 53.4 Å². The number of nitrogens with zero attached hydrogens (tertiary/aromatic N) is 1. The smallest absolute Gasteiger partial charge is 0.255 e. The van der Waals surface area contributed by atoms with Gasteiger partial charge in [0.2, 0.25) is 15.9 Å². The van der Waals surface area contributed by atoms with E-state index in [2.05, 4.69) is 10.6 Å². The third-order valence-corrected chi connectivity index (χ3v) is 5.17. The van der Waals surface area contributed by atoms with Crippen molar-refractivity contribution in [2.24, 2.45) is 0 Å². The zero-order chi connectivity index (χ0) is 18.6. The van der Waals surface area contributed by atoms with Crippen molar-refractivity contribution >= 4 is 33.2 Å². The summed E-state index contributed by atoms with van der Waals surface area (Å²) in [6.45, 7) is 1.38. The lowest BCUT2D eigenvalue weighted by molar-refractivity contribution is -0.114. The van der Waals surface area contributed by atoms with Crippen molar-refractivity contribution in [2.75, 3.05) is 24.7 Å². The molecule has 0 spiro atoms. The number of hydrogen-bond donors (Lipinski definition) is 2. The fourth-order valence-corrected chi connectivity index (χ4v) is 2.97. The first-order valence-corrected chi connectivity index (χ1v) is 8.86. The first-order valence-electron chi connectivity index (χ1n) is 7.42. The lowest BCUT2D eigenvalue weighted by atomic mass is 10.2. The summed E-state index contributed by atoms with van der Waals surface area (Å²) in [5.41, 5.74) is 1.36. The third kappa shape index (κ3) is 4.65. The maximum atomic E-state index is 12.3. The van der Waals surface area contributed by atoms with Gasteiger partial charge in [-0.25, -0.2) is 12.7 Å². The van der Waals surface area contributed by atoms with Gasteiger partial charge in [0.05, 0.1) is 4.90 Å². The van der Waals surface area contributed by atoms with Crippen LogP contribution in [-0.4, -0.2) is 38.6 Å². The zero-order valence-electron chi connectivity index (χ0n) is 14.1. The van der Waals surface area contributed by atoms with E-state index in [9.17, 15) is 18.0 Å². The van der Waals surface area contributed by atoms with E-state index >= 15 is 0 Å². The molecule has 0 saturated carbocycles. The molecule has 0 fully saturated rings. The minimum Gasteiger partial charge on any atom is -0.326 e. The van der Waals surface area contributed by atoms with Crippen LogP contribution in [0.25, 0.3) is 0 Å². The molecule has 0 heterocycles. The lowest BCUT2D eigenvalue weighted by Gasteiger charge is -2.12. The summed E-state index contributed by atoms with van der Waals surface area (Å²) in [5, 5.41) is 5.29. The van der Waals surface area contributed by atoms with Gasteiger partial charge in [-0.2, -0.15) is 0 Å². The maximum Gasteiger partial charge on any atom is 0.255 e. The molecule has 25 heavy (non-hydrogen) atoms. The third-order valence-electron chi connectivity index (χ3n) is 3.34. The van der Waals surface area contributed by atoms with Crippen LogP contribution in [0.5, 0.6) is 0 Å². The Hall–Kier alpha value is -2.71. The largest absolute Gasteiger partial charge is 0.326 e. The van der Waals surface area contributed by atoms with Crippen LogP contribution in [-0.2, 0) is 14.8 Å². The number of hydrogen-bond acceptors (Lipinski definition) is 4. The van der Waals surface area contributed by atoms with Crippen LogP contribution in [0.2, 0.25) is 0 Å². The molecule has 0 unspecified atom stereocenters. The van der Waals surface area contributed by atoms with Crippen LogP contribution in [0.1, 0.15) is 17.3 Å². The minimum absolute atomic E-state index is 0.142. The van der Waals surface area contributed by atoms with Crippen LogP contribution < -0.4 is 10.6 Å². The molecule has 7 nitrogen and oxygen atoms in total. The molecular formula is C17H19N3O4S. The number of carbonyl (C=O) groups is 2. The van der Waals surface area contributed by atoms with Gasteiger partial charge in [0.1, 0.15) is 0 Å². The molecule has 2 aromatic carbocycles. The van der Waals surface area contributed by atoms with E-state index in [-0.39, 0.29) is 16.7 Å². The van der Waals surface area contributed by atoms with E-state index in [0.717, 1.165) is 4.31 Å². The second-order valence-corrected chi connectivity index (χ2v) is 7.68. The van der Waals surface area contributed by atoms with Crippen LogP contribution in [0, 0.1) is 0 Å². The van der Waals surface area contributed by atoms with Crippen molar-refractivity contribution in [2.45, 2.75) is 11.8 Å². The van der Waals surface area contributed by atoms with Crippen LogP contribution in [0.3, 0.4) is 0 Å². The number of carbonyl (C=O) groups excluding carboxylic acids is 2. The van der Waals surface area contributed by atoms with E-state index in [1.807, 2.05) is 0 Å². The van der Waals surface area contributed by atoms with E-state index in [4.69, 9.17) is 0 Å². The Labute approximate surface area is 146 Å². The van der Waals surface area contributed by atoms with E-state index < -0.39 is 10.0 Å². The van der Waals surface area contributed by atoms with Gasteiger partial charge >= 0.3 is 0 Å². The summed E-state index contributed by atoms with van der Waals surface area (Å²) >= 11 is 0. The number of rotatable bonds is 5. The highest BCUT2D eigenvalue weighted by Crippen LogP contribution is 2.18. The normalized spacial score (nSPS) is 11.2. The second-order valence-electron chi connectivity index (χ2n) is 5.53. The molecule has 0 aromatic heterocycles. The van der Waals surface area contributed by atoms with Gasteiger partial charge in [-0.15, -0.1) is 0 Å². The van der Waals surface area contributed by atoms with Gasteiger partial charge in [0.25, 0.3) is 5.91 Å². The molecule has 0 saturated heterocycles. The number of anilines is 2. The Morgan fingerprint density at radius 1 is 0.920 bits per heavy atom. The van der Waals surface area contributed by atoms with E-state index in [1.54, 1.807) is 24.3 Å². The SMILES string of the molecule is CC(=O)Nc1cccc(C(=O)Nc2ccc(S(=O)(=O)N(C)C)cc2)c1. The molecule has 132 valence electrons. The molecule has 2 N–H and O–H groups in total. The summed E-state index contributed by atoms with van der Waals surface area (Å²) in [4.78, 5) is 23.5. The van der Waals surface area contributed by atoms with Gasteiger partial charge in [-0.3, -0.25) is 9.59 Å².